The highest BCUT2D eigenvalue weighted by Crippen LogP contribution is 2.33. The van der Waals surface area contributed by atoms with Crippen molar-refractivity contribution in [1.29, 1.82) is 0 Å². The van der Waals surface area contributed by atoms with E-state index in [0.29, 0.717) is 11.1 Å². The quantitative estimate of drug-likeness (QED) is 0.480. The number of halogens is 2. The van der Waals surface area contributed by atoms with Crippen molar-refractivity contribution in [3.63, 3.8) is 0 Å². The Kier molecular flexibility index (Phi) is 4.00. The molecule has 4 nitrogen and oxygen atoms in total. The maximum atomic E-state index is 13.4. The molecular weight excluding hydrogens is 365 g/mol. The molecule has 0 spiro atoms. The fourth-order valence-corrected chi connectivity index (χ4v) is 2.73. The average Bonchev–Trinajstić information content (AvgIpc) is 2.83. The van der Waals surface area contributed by atoms with Crippen LogP contribution in [0, 0.1) is 5.82 Å². The van der Waals surface area contributed by atoms with Crippen molar-refractivity contribution in [3.05, 3.63) is 75.5 Å². The largest absolute Gasteiger partial charge is 0.507 e. The maximum Gasteiger partial charge on any atom is 0.293 e. The summed E-state index contributed by atoms with van der Waals surface area (Å²) >= 11 is 3.28. The van der Waals surface area contributed by atoms with Crippen LogP contribution in [0.3, 0.4) is 0 Å². The van der Waals surface area contributed by atoms with Gasteiger partial charge in [-0.2, -0.15) is 0 Å². The predicted molar refractivity (Wildman–Crippen MR) is 86.0 cm³/mol. The number of hydrogen-bond acceptors (Lipinski definition) is 3. The lowest BCUT2D eigenvalue weighted by molar-refractivity contribution is -0.133. The second-order valence-corrected chi connectivity index (χ2v) is 5.98. The van der Waals surface area contributed by atoms with Gasteiger partial charge in [-0.05, 0) is 29.8 Å². The summed E-state index contributed by atoms with van der Waals surface area (Å²) in [6.07, 6.45) is 0. The highest BCUT2D eigenvalue weighted by Gasteiger charge is 2.39. The van der Waals surface area contributed by atoms with E-state index in [0.717, 1.165) is 4.47 Å². The second-order valence-electron chi connectivity index (χ2n) is 5.06. The summed E-state index contributed by atoms with van der Waals surface area (Å²) in [5.74, 6) is -2.42. The molecule has 1 aliphatic heterocycles. The zero-order valence-corrected chi connectivity index (χ0v) is 13.3. The third-order valence-corrected chi connectivity index (χ3v) is 4.10. The van der Waals surface area contributed by atoms with Gasteiger partial charge in [-0.3, -0.25) is 9.59 Å². The Hall–Kier alpha value is -2.47. The number of aliphatic hydroxyl groups excluding tert-OH is 1. The summed E-state index contributed by atoms with van der Waals surface area (Å²) in [6, 6.07) is 11.3. The van der Waals surface area contributed by atoms with Crippen LogP contribution in [-0.4, -0.2) is 16.8 Å². The highest BCUT2D eigenvalue weighted by atomic mass is 79.9. The summed E-state index contributed by atoms with van der Waals surface area (Å²) in [4.78, 5) is 23.9. The highest BCUT2D eigenvalue weighted by molar-refractivity contribution is 9.10. The third-order valence-electron chi connectivity index (χ3n) is 3.57. The first-order chi connectivity index (χ1) is 11.0. The van der Waals surface area contributed by atoms with E-state index in [9.17, 15) is 19.1 Å². The van der Waals surface area contributed by atoms with Gasteiger partial charge in [-0.1, -0.05) is 40.2 Å². The van der Waals surface area contributed by atoms with E-state index >= 15 is 0 Å². The molecule has 0 aliphatic carbocycles. The molecule has 2 N–H and O–H groups in total. The van der Waals surface area contributed by atoms with E-state index < -0.39 is 23.5 Å². The van der Waals surface area contributed by atoms with Gasteiger partial charge in [0, 0.05) is 10.0 Å². The maximum absolute atomic E-state index is 13.4. The fraction of sp³-hybridized carbons (Fsp3) is 0.0588. The first-order valence-electron chi connectivity index (χ1n) is 6.77. The Morgan fingerprint density at radius 3 is 2.48 bits per heavy atom. The van der Waals surface area contributed by atoms with Crippen molar-refractivity contribution in [3.8, 4) is 0 Å². The number of aliphatic hydroxyl groups is 1. The molecule has 2 aromatic carbocycles. The first kappa shape index (κ1) is 15.4. The standard InChI is InChI=1S/C17H11BrFNO3/c18-11-6-4-9(5-7-11)15(21)13-14(20-17(23)16(13)22)10-2-1-3-12(19)8-10/h1-8,14,21H,(H,20,23)/b15-13+. The summed E-state index contributed by atoms with van der Waals surface area (Å²) in [6.45, 7) is 0. The predicted octanol–water partition coefficient (Wildman–Crippen LogP) is 3.30. The molecule has 1 aliphatic rings. The Morgan fingerprint density at radius 2 is 1.83 bits per heavy atom. The molecule has 1 amide bonds. The van der Waals surface area contributed by atoms with Crippen LogP contribution in [0.5, 0.6) is 0 Å². The lowest BCUT2D eigenvalue weighted by atomic mass is 9.96. The zero-order valence-electron chi connectivity index (χ0n) is 11.7. The first-order valence-corrected chi connectivity index (χ1v) is 7.56. The summed E-state index contributed by atoms with van der Waals surface area (Å²) in [7, 11) is 0. The zero-order chi connectivity index (χ0) is 16.6. The van der Waals surface area contributed by atoms with Gasteiger partial charge in [0.05, 0.1) is 11.6 Å². The molecule has 3 rings (SSSR count). The molecule has 1 unspecified atom stereocenters. The third kappa shape index (κ3) is 2.90. The topological polar surface area (TPSA) is 66.4 Å². The normalized spacial score (nSPS) is 19.7. The number of hydrogen-bond donors (Lipinski definition) is 2. The van der Waals surface area contributed by atoms with Gasteiger partial charge in [-0.25, -0.2) is 4.39 Å². The molecule has 1 saturated heterocycles. The van der Waals surface area contributed by atoms with E-state index in [1.165, 1.54) is 18.2 Å². The van der Waals surface area contributed by atoms with Crippen molar-refractivity contribution in [2.45, 2.75) is 6.04 Å². The molecular formula is C17H11BrFNO3. The van der Waals surface area contributed by atoms with Crippen LogP contribution < -0.4 is 5.32 Å². The van der Waals surface area contributed by atoms with Crippen molar-refractivity contribution in [2.75, 3.05) is 0 Å². The number of benzene rings is 2. The molecule has 0 aromatic heterocycles. The lowest BCUT2D eigenvalue weighted by Crippen LogP contribution is -2.21. The summed E-state index contributed by atoms with van der Waals surface area (Å²) in [5, 5.41) is 12.9. The summed E-state index contributed by atoms with van der Waals surface area (Å²) in [5.41, 5.74) is 0.709. The molecule has 23 heavy (non-hydrogen) atoms. The Morgan fingerprint density at radius 1 is 1.13 bits per heavy atom. The number of Topliss-reactive ketones (excluding diaryl/α,β-unsaturated/α-hetero) is 1. The minimum absolute atomic E-state index is 0.0806. The molecule has 1 fully saturated rings. The number of amides is 1. The Balaban J connectivity index is 2.12. The van der Waals surface area contributed by atoms with Crippen molar-refractivity contribution < 1.29 is 19.1 Å². The molecule has 0 radical (unpaired) electrons. The molecule has 0 bridgehead atoms. The van der Waals surface area contributed by atoms with E-state index in [-0.39, 0.29) is 11.3 Å². The van der Waals surface area contributed by atoms with E-state index in [4.69, 9.17) is 0 Å². The number of carbonyl (C=O) groups is 2. The minimum atomic E-state index is -0.880. The van der Waals surface area contributed by atoms with Gasteiger partial charge >= 0.3 is 0 Å². The number of nitrogens with one attached hydrogen (secondary N) is 1. The molecule has 0 saturated carbocycles. The van der Waals surface area contributed by atoms with Gasteiger partial charge in [-0.15, -0.1) is 0 Å². The summed E-state index contributed by atoms with van der Waals surface area (Å²) < 4.78 is 14.2. The van der Waals surface area contributed by atoms with Gasteiger partial charge in [0.25, 0.3) is 11.7 Å². The van der Waals surface area contributed by atoms with Crippen molar-refractivity contribution in [1.82, 2.24) is 5.32 Å². The van der Waals surface area contributed by atoms with Crippen LogP contribution in [0.25, 0.3) is 5.76 Å². The smallest absolute Gasteiger partial charge is 0.293 e. The second kappa shape index (κ2) is 5.96. The number of carbonyl (C=O) groups excluding carboxylic acids is 2. The molecule has 6 heteroatoms. The van der Waals surface area contributed by atoms with E-state index in [1.54, 1.807) is 30.3 Å². The molecule has 1 heterocycles. The monoisotopic (exact) mass is 375 g/mol. The average molecular weight is 376 g/mol. The molecule has 116 valence electrons. The van der Waals surface area contributed by atoms with E-state index in [2.05, 4.69) is 21.2 Å². The van der Waals surface area contributed by atoms with E-state index in [1.807, 2.05) is 0 Å². The van der Waals surface area contributed by atoms with Gasteiger partial charge in [0.1, 0.15) is 11.6 Å². The van der Waals surface area contributed by atoms with Crippen LogP contribution in [0.4, 0.5) is 4.39 Å². The van der Waals surface area contributed by atoms with Gasteiger partial charge < -0.3 is 10.4 Å². The lowest BCUT2D eigenvalue weighted by Gasteiger charge is -2.13. The fourth-order valence-electron chi connectivity index (χ4n) is 2.47. The molecule has 1 atom stereocenters. The van der Waals surface area contributed by atoms with Crippen molar-refractivity contribution in [2.24, 2.45) is 0 Å². The van der Waals surface area contributed by atoms with Crippen LogP contribution in [-0.2, 0) is 9.59 Å². The van der Waals surface area contributed by atoms with Crippen LogP contribution in [0.1, 0.15) is 17.2 Å². The SMILES string of the molecule is O=C1NC(c2cccc(F)c2)/C(=C(\O)c2ccc(Br)cc2)C1=O. The van der Waals surface area contributed by atoms with Gasteiger partial charge in [0.2, 0.25) is 0 Å². The number of ketones is 1. The number of rotatable bonds is 2. The van der Waals surface area contributed by atoms with Crippen LogP contribution in [0.2, 0.25) is 0 Å². The van der Waals surface area contributed by atoms with Crippen LogP contribution >= 0.6 is 15.9 Å². The van der Waals surface area contributed by atoms with Crippen LogP contribution in [0.15, 0.2) is 58.6 Å². The Labute approximate surface area is 139 Å². The molecule has 2 aromatic rings. The van der Waals surface area contributed by atoms with Gasteiger partial charge in [0.15, 0.2) is 0 Å². The Bertz CT molecular complexity index is 830. The minimum Gasteiger partial charge on any atom is -0.507 e. The van der Waals surface area contributed by atoms with Crippen molar-refractivity contribution >= 4 is 33.4 Å².